The van der Waals surface area contributed by atoms with Crippen LogP contribution in [-0.4, -0.2) is 29.3 Å². The maximum Gasteiger partial charge on any atom is 0.335 e. The van der Waals surface area contributed by atoms with Crippen LogP contribution in [0.1, 0.15) is 22.8 Å². The van der Waals surface area contributed by atoms with Gasteiger partial charge in [-0.2, -0.15) is 5.10 Å². The largest absolute Gasteiger partial charge is 0.478 e. The van der Waals surface area contributed by atoms with Crippen molar-refractivity contribution < 1.29 is 18.3 Å². The Kier molecular flexibility index (Phi) is 5.20. The molecular formula is C18H16ClN3O4S. The molecule has 0 saturated heterocycles. The van der Waals surface area contributed by atoms with E-state index in [0.29, 0.717) is 22.7 Å². The summed E-state index contributed by atoms with van der Waals surface area (Å²) in [4.78, 5) is 11.2. The second-order valence-electron chi connectivity index (χ2n) is 5.70. The van der Waals surface area contributed by atoms with E-state index < -0.39 is 16.0 Å². The summed E-state index contributed by atoms with van der Waals surface area (Å²) in [7, 11) is -4.06. The lowest BCUT2D eigenvalue weighted by atomic mass is 10.1. The molecule has 0 amide bonds. The van der Waals surface area contributed by atoms with Crippen LogP contribution < -0.4 is 4.72 Å². The fourth-order valence-electron chi connectivity index (χ4n) is 2.63. The highest BCUT2D eigenvalue weighted by Gasteiger charge is 2.22. The van der Waals surface area contributed by atoms with Crippen molar-refractivity contribution in [3.63, 3.8) is 0 Å². The van der Waals surface area contributed by atoms with Gasteiger partial charge < -0.3 is 5.11 Å². The first-order chi connectivity index (χ1) is 12.8. The number of aromatic carboxylic acids is 1. The topological polar surface area (TPSA) is 101 Å². The fourth-order valence-corrected chi connectivity index (χ4v) is 4.21. The Morgan fingerprint density at radius 1 is 1.26 bits per heavy atom. The Hall–Kier alpha value is -2.84. The molecule has 7 nitrogen and oxygen atoms in total. The van der Waals surface area contributed by atoms with Crippen LogP contribution in [0.25, 0.3) is 5.69 Å². The van der Waals surface area contributed by atoms with Gasteiger partial charge >= 0.3 is 5.97 Å². The first-order valence-electron chi connectivity index (χ1n) is 8.00. The van der Waals surface area contributed by atoms with Gasteiger partial charge in [-0.1, -0.05) is 24.6 Å². The third-order valence-electron chi connectivity index (χ3n) is 3.94. The third-order valence-corrected chi connectivity index (χ3v) is 5.62. The average Bonchev–Trinajstić information content (AvgIpc) is 3.15. The number of hydrogen-bond donors (Lipinski definition) is 2. The molecule has 0 aliphatic carbocycles. The van der Waals surface area contributed by atoms with Crippen molar-refractivity contribution in [2.75, 3.05) is 4.72 Å². The summed E-state index contributed by atoms with van der Waals surface area (Å²) in [5.41, 5.74) is 1.12. The maximum absolute atomic E-state index is 13.0. The van der Waals surface area contributed by atoms with E-state index in [1.807, 2.05) is 0 Å². The average molecular weight is 406 g/mol. The second kappa shape index (κ2) is 7.42. The van der Waals surface area contributed by atoms with Gasteiger partial charge in [0.25, 0.3) is 10.0 Å². The molecule has 0 atom stereocenters. The molecule has 0 bridgehead atoms. The highest BCUT2D eigenvalue weighted by atomic mass is 35.5. The standard InChI is InChI=1S/C18H16ClN3O4S/c1-2-12-4-5-13(18(23)24)10-17(12)27(25,26)21-15-11-14(19)6-7-16(15)22-9-3-8-20-22/h3-11,21H,2H2,1H3,(H,23,24). The molecule has 0 aliphatic rings. The molecule has 1 heterocycles. The van der Waals surface area contributed by atoms with Crippen LogP contribution >= 0.6 is 11.6 Å². The molecule has 9 heteroatoms. The maximum atomic E-state index is 13.0. The van der Waals surface area contributed by atoms with Crippen LogP contribution in [0.2, 0.25) is 5.02 Å². The summed E-state index contributed by atoms with van der Waals surface area (Å²) in [6.45, 7) is 1.79. The summed E-state index contributed by atoms with van der Waals surface area (Å²) in [6, 6.07) is 10.5. The lowest BCUT2D eigenvalue weighted by molar-refractivity contribution is 0.0696. The monoisotopic (exact) mass is 405 g/mol. The van der Waals surface area contributed by atoms with Crippen LogP contribution in [0.5, 0.6) is 0 Å². The highest BCUT2D eigenvalue weighted by Crippen LogP contribution is 2.28. The Balaban J connectivity index is 2.10. The van der Waals surface area contributed by atoms with E-state index in [4.69, 9.17) is 11.6 Å². The van der Waals surface area contributed by atoms with Crippen molar-refractivity contribution >= 4 is 33.3 Å². The van der Waals surface area contributed by atoms with Crippen molar-refractivity contribution in [1.29, 1.82) is 0 Å². The number of rotatable bonds is 6. The van der Waals surface area contributed by atoms with Gasteiger partial charge in [0.15, 0.2) is 0 Å². The summed E-state index contributed by atoms with van der Waals surface area (Å²) >= 11 is 6.04. The lowest BCUT2D eigenvalue weighted by Gasteiger charge is -2.15. The van der Waals surface area contributed by atoms with E-state index >= 15 is 0 Å². The number of aryl methyl sites for hydroxylation is 1. The zero-order valence-electron chi connectivity index (χ0n) is 14.3. The Morgan fingerprint density at radius 3 is 2.67 bits per heavy atom. The van der Waals surface area contributed by atoms with E-state index in [9.17, 15) is 18.3 Å². The van der Waals surface area contributed by atoms with Crippen LogP contribution in [0.3, 0.4) is 0 Å². The zero-order chi connectivity index (χ0) is 19.6. The van der Waals surface area contributed by atoms with E-state index in [0.717, 1.165) is 6.07 Å². The van der Waals surface area contributed by atoms with E-state index in [2.05, 4.69) is 9.82 Å². The number of carboxylic acid groups (broad SMARTS) is 1. The molecule has 1 aromatic heterocycles. The van der Waals surface area contributed by atoms with E-state index in [1.165, 1.54) is 22.9 Å². The van der Waals surface area contributed by atoms with Gasteiger partial charge in [0, 0.05) is 17.4 Å². The van der Waals surface area contributed by atoms with E-state index in [-0.39, 0.29) is 16.1 Å². The van der Waals surface area contributed by atoms with Gasteiger partial charge in [0.1, 0.15) is 0 Å². The highest BCUT2D eigenvalue weighted by molar-refractivity contribution is 7.92. The lowest BCUT2D eigenvalue weighted by Crippen LogP contribution is -2.17. The molecule has 0 unspecified atom stereocenters. The minimum absolute atomic E-state index is 0.0868. The number of hydrogen-bond acceptors (Lipinski definition) is 4. The smallest absolute Gasteiger partial charge is 0.335 e. The molecule has 0 aliphatic heterocycles. The molecule has 2 aromatic carbocycles. The Morgan fingerprint density at radius 2 is 2.04 bits per heavy atom. The number of halogens is 1. The molecule has 3 rings (SSSR count). The summed E-state index contributed by atoms with van der Waals surface area (Å²) in [5, 5.41) is 13.6. The molecule has 2 N–H and O–H groups in total. The minimum atomic E-state index is -4.06. The third kappa shape index (κ3) is 3.96. The Labute approximate surface area is 161 Å². The van der Waals surface area contributed by atoms with Gasteiger partial charge in [0.05, 0.1) is 21.8 Å². The number of carbonyl (C=O) groups is 1. The number of aromatic nitrogens is 2. The summed E-state index contributed by atoms with van der Waals surface area (Å²) in [5.74, 6) is -1.20. The molecule has 3 aromatic rings. The first kappa shape index (κ1) is 18.9. The predicted octanol–water partition coefficient (Wildman–Crippen LogP) is 3.59. The van der Waals surface area contributed by atoms with Gasteiger partial charge in [-0.25, -0.2) is 17.9 Å². The molecule has 0 spiro atoms. The van der Waals surface area contributed by atoms with E-state index in [1.54, 1.807) is 37.5 Å². The number of nitrogens with one attached hydrogen (secondary N) is 1. The minimum Gasteiger partial charge on any atom is -0.478 e. The normalized spacial score (nSPS) is 11.3. The van der Waals surface area contributed by atoms with Crippen LogP contribution in [-0.2, 0) is 16.4 Å². The number of anilines is 1. The molecule has 0 saturated carbocycles. The molecular weight excluding hydrogens is 390 g/mol. The number of benzene rings is 2. The summed E-state index contributed by atoms with van der Waals surface area (Å²) < 4.78 is 30.0. The van der Waals surface area contributed by atoms with Crippen molar-refractivity contribution in [2.24, 2.45) is 0 Å². The Bertz CT molecular complexity index is 1100. The van der Waals surface area contributed by atoms with Crippen molar-refractivity contribution in [3.05, 3.63) is 71.0 Å². The quantitative estimate of drug-likeness (QED) is 0.652. The molecule has 27 heavy (non-hydrogen) atoms. The van der Waals surface area contributed by atoms with Gasteiger partial charge in [-0.3, -0.25) is 4.72 Å². The second-order valence-corrected chi connectivity index (χ2v) is 7.79. The molecule has 0 fully saturated rings. The predicted molar refractivity (Wildman–Crippen MR) is 102 cm³/mol. The van der Waals surface area contributed by atoms with Crippen LogP contribution in [0.4, 0.5) is 5.69 Å². The fraction of sp³-hybridized carbons (Fsp3) is 0.111. The van der Waals surface area contributed by atoms with Gasteiger partial charge in [-0.05, 0) is 48.4 Å². The first-order valence-corrected chi connectivity index (χ1v) is 9.86. The summed E-state index contributed by atoms with van der Waals surface area (Å²) in [6.07, 6.45) is 3.67. The van der Waals surface area contributed by atoms with Gasteiger partial charge in [0.2, 0.25) is 0 Å². The zero-order valence-corrected chi connectivity index (χ0v) is 15.8. The van der Waals surface area contributed by atoms with Crippen molar-refractivity contribution in [1.82, 2.24) is 9.78 Å². The van der Waals surface area contributed by atoms with Crippen molar-refractivity contribution in [3.8, 4) is 5.69 Å². The number of nitrogens with zero attached hydrogens (tertiary/aromatic N) is 2. The number of sulfonamides is 1. The van der Waals surface area contributed by atoms with Crippen molar-refractivity contribution in [2.45, 2.75) is 18.2 Å². The van der Waals surface area contributed by atoms with Crippen LogP contribution in [0.15, 0.2) is 59.8 Å². The van der Waals surface area contributed by atoms with Crippen LogP contribution in [0, 0.1) is 0 Å². The molecule has 140 valence electrons. The molecule has 0 radical (unpaired) electrons. The van der Waals surface area contributed by atoms with Gasteiger partial charge in [-0.15, -0.1) is 0 Å². The SMILES string of the molecule is CCc1ccc(C(=O)O)cc1S(=O)(=O)Nc1cc(Cl)ccc1-n1cccn1. The number of carboxylic acids is 1.